The van der Waals surface area contributed by atoms with Gasteiger partial charge in [-0.3, -0.25) is 4.98 Å². The zero-order valence-corrected chi connectivity index (χ0v) is 20.1. The molecule has 0 spiro atoms. The van der Waals surface area contributed by atoms with Crippen LogP contribution in [0.3, 0.4) is 0 Å². The Morgan fingerprint density at radius 2 is 1.94 bits per heavy atom. The first-order chi connectivity index (χ1) is 14.7. The molecular weight excluding hydrogens is 432 g/mol. The predicted octanol–water partition coefficient (Wildman–Crippen LogP) is 6.37. The lowest BCUT2D eigenvalue weighted by molar-refractivity contribution is 0.0739. The van der Waals surface area contributed by atoms with Crippen molar-refractivity contribution in [2.75, 3.05) is 6.61 Å². The molecule has 168 valence electrons. The van der Waals surface area contributed by atoms with E-state index in [4.69, 9.17) is 21.0 Å². The number of nitrogens with zero attached hydrogens (tertiary/aromatic N) is 2. The maximum Gasteiger partial charge on any atom is 0.199 e. The van der Waals surface area contributed by atoms with Crippen LogP contribution in [0.25, 0.3) is 11.3 Å². The van der Waals surface area contributed by atoms with Crippen LogP contribution >= 0.6 is 23.4 Å². The van der Waals surface area contributed by atoms with Crippen molar-refractivity contribution >= 4 is 23.4 Å². The Morgan fingerprint density at radius 1 is 1.23 bits per heavy atom. The highest BCUT2D eigenvalue weighted by Crippen LogP contribution is 2.41. The van der Waals surface area contributed by atoms with Gasteiger partial charge in [0.15, 0.2) is 11.0 Å². The fourth-order valence-corrected chi connectivity index (χ4v) is 4.53. The van der Waals surface area contributed by atoms with E-state index in [0.29, 0.717) is 16.6 Å². The van der Waals surface area contributed by atoms with E-state index in [1.165, 1.54) is 11.8 Å². The van der Waals surface area contributed by atoms with Crippen LogP contribution < -0.4 is 0 Å². The number of aliphatic hydroxyl groups is 2. The molecule has 0 atom stereocenters. The molecule has 1 aliphatic rings. The first-order valence-electron chi connectivity index (χ1n) is 10.7. The van der Waals surface area contributed by atoms with Crippen molar-refractivity contribution in [1.82, 2.24) is 9.97 Å². The van der Waals surface area contributed by atoms with E-state index >= 15 is 0 Å². The zero-order chi connectivity index (χ0) is 22.6. The third kappa shape index (κ3) is 6.45. The molecule has 2 N–H and O–H groups in total. The molecule has 7 heteroatoms. The molecule has 2 heterocycles. The van der Waals surface area contributed by atoms with Crippen LogP contribution in [-0.2, 0) is 5.60 Å². The predicted molar refractivity (Wildman–Crippen MR) is 126 cm³/mol. The van der Waals surface area contributed by atoms with Gasteiger partial charge in [0.1, 0.15) is 11.3 Å². The van der Waals surface area contributed by atoms with Crippen LogP contribution in [0.15, 0.2) is 49.9 Å². The Hall–Kier alpha value is -1.60. The highest BCUT2D eigenvalue weighted by atomic mass is 35.5. The summed E-state index contributed by atoms with van der Waals surface area (Å²) in [5, 5.41) is 21.1. The second-order valence-corrected chi connectivity index (χ2v) is 10.5. The second-order valence-electron chi connectivity index (χ2n) is 8.71. The molecule has 3 rings (SSSR count). The number of hydrogen-bond acceptors (Lipinski definition) is 6. The van der Waals surface area contributed by atoms with Gasteiger partial charge in [0.2, 0.25) is 0 Å². The largest absolute Gasteiger partial charge is 0.433 e. The highest BCUT2D eigenvalue weighted by molar-refractivity contribution is 8.03. The lowest BCUT2D eigenvalue weighted by Gasteiger charge is -2.24. The molecule has 0 aliphatic heterocycles. The quantitative estimate of drug-likeness (QED) is 0.367. The minimum atomic E-state index is -0.998. The Kier molecular flexibility index (Phi) is 8.03. The summed E-state index contributed by atoms with van der Waals surface area (Å²) in [5.41, 5.74) is 1.22. The van der Waals surface area contributed by atoms with Crippen molar-refractivity contribution in [3.63, 3.8) is 0 Å². The van der Waals surface area contributed by atoms with Crippen molar-refractivity contribution in [3.05, 3.63) is 52.0 Å². The van der Waals surface area contributed by atoms with Gasteiger partial charge in [-0.25, -0.2) is 4.98 Å². The lowest BCUT2D eigenvalue weighted by Crippen LogP contribution is -2.17. The molecule has 0 saturated heterocycles. The first kappa shape index (κ1) is 24.1. The number of aromatic nitrogens is 2. The Balaban J connectivity index is 1.93. The van der Waals surface area contributed by atoms with Gasteiger partial charge < -0.3 is 14.6 Å². The van der Waals surface area contributed by atoms with E-state index in [-0.39, 0.29) is 12.5 Å². The number of halogens is 1. The topological polar surface area (TPSA) is 79.4 Å². The smallest absolute Gasteiger partial charge is 0.199 e. The molecule has 0 radical (unpaired) electrons. The van der Waals surface area contributed by atoms with Crippen LogP contribution in [0, 0.1) is 5.92 Å². The fourth-order valence-electron chi connectivity index (χ4n) is 3.65. The highest BCUT2D eigenvalue weighted by Gasteiger charge is 2.28. The van der Waals surface area contributed by atoms with E-state index < -0.39 is 5.60 Å². The number of allylic oxidation sites excluding steroid dienone is 4. The Morgan fingerprint density at radius 3 is 2.48 bits per heavy atom. The van der Waals surface area contributed by atoms with E-state index in [1.807, 2.05) is 38.1 Å². The standard InChI is InChI=1S/C24H31ClN2O3S/c1-15(25)5-6-16(2)31-23-21(19-11-12-20(26-13-19)24(3,4)29)27-22(30-23)18-9-7-17(14-28)8-10-18/h5-6,11-13,17-18,28-29H,7-10,14H2,1-4H3. The summed E-state index contributed by atoms with van der Waals surface area (Å²) in [6, 6.07) is 3.75. The lowest BCUT2D eigenvalue weighted by atomic mass is 9.82. The summed E-state index contributed by atoms with van der Waals surface area (Å²) >= 11 is 7.48. The van der Waals surface area contributed by atoms with Crippen molar-refractivity contribution in [1.29, 1.82) is 0 Å². The average molecular weight is 463 g/mol. The van der Waals surface area contributed by atoms with Gasteiger partial charge in [0, 0.05) is 29.3 Å². The minimum Gasteiger partial charge on any atom is -0.433 e. The maximum absolute atomic E-state index is 10.2. The van der Waals surface area contributed by atoms with Crippen LogP contribution in [0.1, 0.15) is 70.9 Å². The molecule has 2 aromatic rings. The monoisotopic (exact) mass is 462 g/mol. The molecule has 0 amide bonds. The van der Waals surface area contributed by atoms with Crippen LogP contribution in [0.4, 0.5) is 0 Å². The number of hydrogen-bond donors (Lipinski definition) is 2. The van der Waals surface area contributed by atoms with Crippen molar-refractivity contribution in [2.24, 2.45) is 5.92 Å². The SMILES string of the molecule is CC(Cl)=CC=C(C)Sc1oc(C2CCC(CO)CC2)nc1-c1ccc(C(C)(C)O)nc1. The van der Waals surface area contributed by atoms with Gasteiger partial charge in [-0.1, -0.05) is 29.4 Å². The third-order valence-corrected chi connectivity index (χ3v) is 6.58. The van der Waals surface area contributed by atoms with Crippen LogP contribution in [0.5, 0.6) is 0 Å². The molecule has 5 nitrogen and oxygen atoms in total. The van der Waals surface area contributed by atoms with Crippen LogP contribution in [0.2, 0.25) is 0 Å². The van der Waals surface area contributed by atoms with Gasteiger partial charge in [-0.2, -0.15) is 0 Å². The maximum atomic E-state index is 10.2. The Labute approximate surface area is 193 Å². The summed E-state index contributed by atoms with van der Waals surface area (Å²) in [7, 11) is 0. The molecule has 0 aromatic carbocycles. The number of pyridine rings is 1. The fraction of sp³-hybridized carbons (Fsp3) is 0.500. The van der Waals surface area contributed by atoms with E-state index in [2.05, 4.69) is 4.98 Å². The van der Waals surface area contributed by atoms with Gasteiger partial charge in [-0.05, 0) is 82.4 Å². The van der Waals surface area contributed by atoms with E-state index in [9.17, 15) is 10.2 Å². The summed E-state index contributed by atoms with van der Waals surface area (Å²) < 4.78 is 6.27. The molecule has 2 aromatic heterocycles. The van der Waals surface area contributed by atoms with Crippen molar-refractivity contribution in [3.8, 4) is 11.3 Å². The molecule has 1 saturated carbocycles. The third-order valence-electron chi connectivity index (χ3n) is 5.53. The number of oxazole rings is 1. The summed E-state index contributed by atoms with van der Waals surface area (Å²) in [5.74, 6) is 1.39. The molecule has 0 bridgehead atoms. The molecule has 1 aliphatic carbocycles. The first-order valence-corrected chi connectivity index (χ1v) is 11.9. The van der Waals surface area contributed by atoms with Crippen molar-refractivity contribution < 1.29 is 14.6 Å². The summed E-state index contributed by atoms with van der Waals surface area (Å²) in [6.07, 6.45) is 9.47. The number of rotatable bonds is 7. The van der Waals surface area contributed by atoms with Gasteiger partial charge >= 0.3 is 0 Å². The molecule has 1 fully saturated rings. The van der Waals surface area contributed by atoms with Gasteiger partial charge in [0.05, 0.1) is 5.69 Å². The van der Waals surface area contributed by atoms with Gasteiger partial charge in [-0.15, -0.1) is 0 Å². The van der Waals surface area contributed by atoms with E-state index in [0.717, 1.165) is 52.8 Å². The van der Waals surface area contributed by atoms with E-state index in [1.54, 1.807) is 20.0 Å². The Bertz CT molecular complexity index is 933. The van der Waals surface area contributed by atoms with Crippen molar-refractivity contribution in [2.45, 2.75) is 70.0 Å². The molecule has 31 heavy (non-hydrogen) atoms. The second kappa shape index (κ2) is 10.3. The number of aliphatic hydroxyl groups excluding tert-OH is 1. The number of thioether (sulfide) groups is 1. The molecular formula is C24H31ClN2O3S. The average Bonchev–Trinajstić information content (AvgIpc) is 3.15. The van der Waals surface area contributed by atoms with Gasteiger partial charge in [0.25, 0.3) is 0 Å². The normalized spacial score (nSPS) is 20.9. The zero-order valence-electron chi connectivity index (χ0n) is 18.6. The van der Waals surface area contributed by atoms with Crippen LogP contribution in [-0.4, -0.2) is 26.8 Å². The summed E-state index contributed by atoms with van der Waals surface area (Å²) in [4.78, 5) is 10.3. The summed E-state index contributed by atoms with van der Waals surface area (Å²) in [6.45, 7) is 7.53. The molecule has 0 unspecified atom stereocenters. The minimum absolute atomic E-state index is 0.251.